The Morgan fingerprint density at radius 2 is 2.12 bits per heavy atom. The van der Waals surface area contributed by atoms with E-state index in [0.717, 1.165) is 19.3 Å². The number of rotatable bonds is 6. The predicted molar refractivity (Wildman–Crippen MR) is 93.6 cm³/mol. The van der Waals surface area contributed by atoms with Crippen molar-refractivity contribution in [3.05, 3.63) is 53.3 Å². The first-order valence-corrected chi connectivity index (χ1v) is 8.64. The van der Waals surface area contributed by atoms with Gasteiger partial charge >= 0.3 is 0 Å². The highest BCUT2D eigenvalue weighted by Gasteiger charge is 2.26. The third-order valence-corrected chi connectivity index (χ3v) is 4.43. The number of Topliss-reactive ketones (excluding diaryl/α,β-unsaturated/α-hetero) is 1. The summed E-state index contributed by atoms with van der Waals surface area (Å²) in [7, 11) is 0. The molecule has 6 nitrogen and oxygen atoms in total. The SMILES string of the molecule is CC(=O)c1cc(C(=O)N2CCO[C@H](CCCc3ccccc3)C2)[nH]n1. The second-order valence-corrected chi connectivity index (χ2v) is 6.34. The second kappa shape index (κ2) is 8.07. The Morgan fingerprint density at radius 1 is 1.32 bits per heavy atom. The van der Waals surface area contributed by atoms with Gasteiger partial charge in [-0.3, -0.25) is 14.7 Å². The van der Waals surface area contributed by atoms with Crippen LogP contribution in [0.2, 0.25) is 0 Å². The highest BCUT2D eigenvalue weighted by atomic mass is 16.5. The van der Waals surface area contributed by atoms with E-state index in [9.17, 15) is 9.59 Å². The molecule has 0 aliphatic carbocycles. The van der Waals surface area contributed by atoms with Crippen LogP contribution >= 0.6 is 0 Å². The molecule has 0 radical (unpaired) electrons. The number of nitrogens with zero attached hydrogens (tertiary/aromatic N) is 2. The number of carbonyl (C=O) groups is 2. The van der Waals surface area contributed by atoms with E-state index in [0.29, 0.717) is 25.4 Å². The Morgan fingerprint density at radius 3 is 2.84 bits per heavy atom. The number of morpholine rings is 1. The van der Waals surface area contributed by atoms with Crippen molar-refractivity contribution < 1.29 is 14.3 Å². The van der Waals surface area contributed by atoms with Gasteiger partial charge in [0.15, 0.2) is 5.78 Å². The molecule has 1 atom stereocenters. The first-order chi connectivity index (χ1) is 12.1. The average Bonchev–Trinajstić information content (AvgIpc) is 3.13. The third-order valence-electron chi connectivity index (χ3n) is 4.43. The number of hydrogen-bond donors (Lipinski definition) is 1. The van der Waals surface area contributed by atoms with Crippen LogP contribution in [0.1, 0.15) is 46.3 Å². The van der Waals surface area contributed by atoms with Crippen LogP contribution in [0.25, 0.3) is 0 Å². The molecule has 3 rings (SSSR count). The molecule has 25 heavy (non-hydrogen) atoms. The molecule has 1 aromatic carbocycles. The summed E-state index contributed by atoms with van der Waals surface area (Å²) in [4.78, 5) is 25.7. The number of amides is 1. The number of aromatic amines is 1. The number of carbonyl (C=O) groups excluding carboxylic acids is 2. The minimum Gasteiger partial charge on any atom is -0.375 e. The summed E-state index contributed by atoms with van der Waals surface area (Å²) >= 11 is 0. The third kappa shape index (κ3) is 4.54. The molecule has 2 aromatic rings. The van der Waals surface area contributed by atoms with Gasteiger partial charge in [0.2, 0.25) is 0 Å². The quantitative estimate of drug-likeness (QED) is 0.819. The minimum atomic E-state index is -0.156. The number of benzene rings is 1. The summed E-state index contributed by atoms with van der Waals surface area (Å²) in [6.07, 6.45) is 3.00. The van der Waals surface area contributed by atoms with Crippen molar-refractivity contribution >= 4 is 11.7 Å². The van der Waals surface area contributed by atoms with Gasteiger partial charge in [-0.1, -0.05) is 30.3 Å². The van der Waals surface area contributed by atoms with E-state index in [2.05, 4.69) is 22.3 Å². The summed E-state index contributed by atoms with van der Waals surface area (Å²) in [6.45, 7) is 3.10. The van der Waals surface area contributed by atoms with Gasteiger partial charge in [0.25, 0.3) is 5.91 Å². The highest BCUT2D eigenvalue weighted by Crippen LogP contribution is 2.15. The standard InChI is InChI=1S/C19H23N3O3/c1-14(23)17-12-18(21-20-17)19(24)22-10-11-25-16(13-22)9-5-8-15-6-3-2-4-7-15/h2-4,6-7,12,16H,5,8-11,13H2,1H3,(H,20,21)/t16-/m1/s1. The van der Waals surface area contributed by atoms with Gasteiger partial charge in [-0.25, -0.2) is 0 Å². The fourth-order valence-corrected chi connectivity index (χ4v) is 3.04. The first-order valence-electron chi connectivity index (χ1n) is 8.64. The smallest absolute Gasteiger partial charge is 0.272 e. The summed E-state index contributed by atoms with van der Waals surface area (Å²) in [5.74, 6) is -0.285. The number of nitrogens with one attached hydrogen (secondary N) is 1. The lowest BCUT2D eigenvalue weighted by Crippen LogP contribution is -2.45. The minimum absolute atomic E-state index is 0.0524. The fourth-order valence-electron chi connectivity index (χ4n) is 3.04. The molecular weight excluding hydrogens is 318 g/mol. The van der Waals surface area contributed by atoms with Gasteiger partial charge in [0.1, 0.15) is 11.4 Å². The number of aryl methyl sites for hydroxylation is 1. The maximum atomic E-state index is 12.6. The maximum Gasteiger partial charge on any atom is 0.272 e. The van der Waals surface area contributed by atoms with E-state index < -0.39 is 0 Å². The summed E-state index contributed by atoms with van der Waals surface area (Å²) < 4.78 is 5.80. The topological polar surface area (TPSA) is 75.3 Å². The van der Waals surface area contributed by atoms with Crippen molar-refractivity contribution in [3.8, 4) is 0 Å². The van der Waals surface area contributed by atoms with Crippen molar-refractivity contribution in [1.29, 1.82) is 0 Å². The lowest BCUT2D eigenvalue weighted by Gasteiger charge is -2.32. The van der Waals surface area contributed by atoms with Gasteiger partial charge in [-0.2, -0.15) is 5.10 Å². The Bertz CT molecular complexity index is 727. The predicted octanol–water partition coefficient (Wildman–Crippen LogP) is 2.48. The number of H-pyrrole nitrogens is 1. The van der Waals surface area contributed by atoms with E-state index in [1.807, 2.05) is 18.2 Å². The van der Waals surface area contributed by atoms with Crippen molar-refractivity contribution in [3.63, 3.8) is 0 Å². The van der Waals surface area contributed by atoms with Crippen LogP contribution in [-0.4, -0.2) is 52.6 Å². The summed E-state index contributed by atoms with van der Waals surface area (Å²) in [5.41, 5.74) is 1.96. The van der Waals surface area contributed by atoms with Crippen molar-refractivity contribution in [2.45, 2.75) is 32.3 Å². The van der Waals surface area contributed by atoms with Gasteiger partial charge in [-0.15, -0.1) is 0 Å². The molecule has 0 spiro atoms. The second-order valence-electron chi connectivity index (χ2n) is 6.34. The molecule has 1 fully saturated rings. The van der Waals surface area contributed by atoms with Crippen LogP contribution in [0.15, 0.2) is 36.4 Å². The lowest BCUT2D eigenvalue weighted by molar-refractivity contribution is -0.0256. The molecule has 0 unspecified atom stereocenters. The van der Waals surface area contributed by atoms with E-state index in [1.165, 1.54) is 18.6 Å². The van der Waals surface area contributed by atoms with Crippen LogP contribution in [-0.2, 0) is 11.2 Å². The van der Waals surface area contributed by atoms with Gasteiger partial charge in [0, 0.05) is 20.0 Å². The number of hydrogen-bond acceptors (Lipinski definition) is 4. The zero-order valence-corrected chi connectivity index (χ0v) is 14.4. The largest absolute Gasteiger partial charge is 0.375 e. The fraction of sp³-hybridized carbons (Fsp3) is 0.421. The molecule has 6 heteroatoms. The normalized spacial score (nSPS) is 17.5. The number of ether oxygens (including phenoxy) is 1. The summed E-state index contributed by atoms with van der Waals surface area (Å²) in [5, 5.41) is 6.54. The number of ketones is 1. The first kappa shape index (κ1) is 17.4. The molecule has 2 heterocycles. The van der Waals surface area contributed by atoms with Crippen LogP contribution in [0.5, 0.6) is 0 Å². The van der Waals surface area contributed by atoms with E-state index in [4.69, 9.17) is 4.74 Å². The maximum absolute atomic E-state index is 12.6. The van der Waals surface area contributed by atoms with Crippen LogP contribution < -0.4 is 0 Å². The molecular formula is C19H23N3O3. The average molecular weight is 341 g/mol. The van der Waals surface area contributed by atoms with Crippen molar-refractivity contribution in [2.75, 3.05) is 19.7 Å². The van der Waals surface area contributed by atoms with Crippen LogP contribution in [0.3, 0.4) is 0 Å². The Hall–Kier alpha value is -2.47. The van der Waals surface area contributed by atoms with Crippen LogP contribution in [0, 0.1) is 0 Å². The van der Waals surface area contributed by atoms with Gasteiger partial charge in [-0.05, 0) is 30.9 Å². The lowest BCUT2D eigenvalue weighted by atomic mass is 10.0. The van der Waals surface area contributed by atoms with Gasteiger partial charge in [0.05, 0.1) is 12.7 Å². The van der Waals surface area contributed by atoms with Crippen molar-refractivity contribution in [1.82, 2.24) is 15.1 Å². The van der Waals surface area contributed by atoms with Crippen LogP contribution in [0.4, 0.5) is 0 Å². The van der Waals surface area contributed by atoms with Crippen molar-refractivity contribution in [2.24, 2.45) is 0 Å². The Kier molecular flexibility index (Phi) is 5.60. The zero-order chi connectivity index (χ0) is 17.6. The molecule has 0 saturated carbocycles. The van der Waals surface area contributed by atoms with E-state index in [-0.39, 0.29) is 23.5 Å². The molecule has 0 bridgehead atoms. The Balaban J connectivity index is 1.51. The molecule has 1 amide bonds. The monoisotopic (exact) mass is 341 g/mol. The molecule has 1 saturated heterocycles. The summed E-state index contributed by atoms with van der Waals surface area (Å²) in [6, 6.07) is 11.9. The van der Waals surface area contributed by atoms with Gasteiger partial charge < -0.3 is 9.64 Å². The molecule has 132 valence electrons. The molecule has 1 aliphatic rings. The highest BCUT2D eigenvalue weighted by molar-refractivity contribution is 5.97. The molecule has 1 aromatic heterocycles. The molecule has 1 aliphatic heterocycles. The number of aromatic nitrogens is 2. The zero-order valence-electron chi connectivity index (χ0n) is 14.4. The van der Waals surface area contributed by atoms with E-state index >= 15 is 0 Å². The van der Waals surface area contributed by atoms with E-state index in [1.54, 1.807) is 4.90 Å². The Labute approximate surface area is 147 Å². The molecule has 1 N–H and O–H groups in total.